The van der Waals surface area contributed by atoms with E-state index in [1.165, 1.54) is 0 Å². The molecule has 122 valence electrons. The van der Waals surface area contributed by atoms with E-state index in [2.05, 4.69) is 10.4 Å². The molecule has 1 amide bonds. The molecule has 3 rings (SSSR count). The van der Waals surface area contributed by atoms with Gasteiger partial charge in [-0.15, -0.1) is 0 Å². The third-order valence-corrected chi connectivity index (χ3v) is 4.07. The maximum absolute atomic E-state index is 12.2. The number of nitrogens with one attached hydrogen (secondary N) is 1. The predicted octanol–water partition coefficient (Wildman–Crippen LogP) is 3.81. The topological polar surface area (TPSA) is 46.9 Å². The highest BCUT2D eigenvalue weighted by atomic mass is 35.5. The first kappa shape index (κ1) is 16.3. The van der Waals surface area contributed by atoms with Gasteiger partial charge in [-0.1, -0.05) is 23.7 Å². The molecule has 1 heterocycles. The van der Waals surface area contributed by atoms with Gasteiger partial charge in [0.1, 0.15) is 0 Å². The van der Waals surface area contributed by atoms with E-state index in [0.717, 1.165) is 28.4 Å². The lowest BCUT2D eigenvalue weighted by Gasteiger charge is -2.08. The molecule has 0 saturated heterocycles. The number of carbonyl (C=O) groups is 1. The summed E-state index contributed by atoms with van der Waals surface area (Å²) in [6, 6.07) is 17.0. The number of hydrogen-bond acceptors (Lipinski definition) is 2. The van der Waals surface area contributed by atoms with Gasteiger partial charge in [-0.05, 0) is 61.4 Å². The highest BCUT2D eigenvalue weighted by molar-refractivity contribution is 6.30. The van der Waals surface area contributed by atoms with Gasteiger partial charge in [0.05, 0.1) is 5.69 Å². The molecule has 0 aliphatic rings. The van der Waals surface area contributed by atoms with Gasteiger partial charge in [-0.3, -0.25) is 4.79 Å². The van der Waals surface area contributed by atoms with Crippen LogP contribution < -0.4 is 5.32 Å². The predicted molar refractivity (Wildman–Crippen MR) is 95.8 cm³/mol. The van der Waals surface area contributed by atoms with Crippen LogP contribution in [0.4, 0.5) is 0 Å². The molecule has 4 nitrogen and oxygen atoms in total. The van der Waals surface area contributed by atoms with Crippen molar-refractivity contribution >= 4 is 17.5 Å². The van der Waals surface area contributed by atoms with Crippen molar-refractivity contribution in [3.8, 4) is 5.69 Å². The van der Waals surface area contributed by atoms with Gasteiger partial charge in [0.25, 0.3) is 5.91 Å². The molecule has 0 aliphatic carbocycles. The Balaban J connectivity index is 1.57. The minimum absolute atomic E-state index is 0.0762. The Labute approximate surface area is 146 Å². The Bertz CT molecular complexity index is 823. The van der Waals surface area contributed by atoms with E-state index in [0.29, 0.717) is 12.1 Å². The number of rotatable bonds is 5. The zero-order chi connectivity index (χ0) is 16.9. The minimum Gasteiger partial charge on any atom is -0.352 e. The summed E-state index contributed by atoms with van der Waals surface area (Å²) in [6.45, 7) is 2.57. The molecule has 0 bridgehead atoms. The van der Waals surface area contributed by atoms with Crippen molar-refractivity contribution in [1.29, 1.82) is 0 Å². The Morgan fingerprint density at radius 3 is 2.42 bits per heavy atom. The number of carbonyl (C=O) groups excluding carboxylic acids is 1. The monoisotopic (exact) mass is 339 g/mol. The molecular weight excluding hydrogens is 322 g/mol. The molecule has 5 heteroatoms. The first-order chi connectivity index (χ1) is 11.6. The first-order valence-electron chi connectivity index (χ1n) is 7.77. The number of aryl methyl sites for hydroxylation is 1. The van der Waals surface area contributed by atoms with Gasteiger partial charge in [-0.2, -0.15) is 5.10 Å². The average molecular weight is 340 g/mol. The second-order valence-corrected chi connectivity index (χ2v) is 6.00. The molecule has 1 aromatic heterocycles. The van der Waals surface area contributed by atoms with Crippen molar-refractivity contribution in [2.24, 2.45) is 0 Å². The van der Waals surface area contributed by atoms with Crippen molar-refractivity contribution < 1.29 is 4.79 Å². The lowest BCUT2D eigenvalue weighted by atomic mass is 10.1. The number of aromatic nitrogens is 2. The van der Waals surface area contributed by atoms with Crippen LogP contribution in [0.2, 0.25) is 5.02 Å². The van der Waals surface area contributed by atoms with Gasteiger partial charge in [0.2, 0.25) is 0 Å². The molecule has 0 radical (unpaired) electrons. The fourth-order valence-electron chi connectivity index (χ4n) is 2.47. The SMILES string of the molecule is Cc1ccnn1-c1ccc(C(=O)NCCc2ccc(Cl)cc2)cc1. The second-order valence-electron chi connectivity index (χ2n) is 5.56. The standard InChI is InChI=1S/C19H18ClN3O/c1-14-10-13-22-23(14)18-8-4-16(5-9-18)19(24)21-12-11-15-2-6-17(20)7-3-15/h2-10,13H,11-12H2,1H3,(H,21,24). The van der Waals surface area contributed by atoms with E-state index >= 15 is 0 Å². The van der Waals surface area contributed by atoms with Crippen LogP contribution in [-0.4, -0.2) is 22.2 Å². The molecule has 3 aromatic rings. The van der Waals surface area contributed by atoms with Gasteiger partial charge in [0.15, 0.2) is 0 Å². The van der Waals surface area contributed by atoms with Crippen LogP contribution in [-0.2, 0) is 6.42 Å². The van der Waals surface area contributed by atoms with Crippen molar-refractivity contribution in [2.75, 3.05) is 6.54 Å². The van der Waals surface area contributed by atoms with Crippen LogP contribution in [0.25, 0.3) is 5.69 Å². The highest BCUT2D eigenvalue weighted by Crippen LogP contribution is 2.12. The third kappa shape index (κ3) is 3.84. The number of halogens is 1. The van der Waals surface area contributed by atoms with Crippen molar-refractivity contribution in [3.63, 3.8) is 0 Å². The van der Waals surface area contributed by atoms with Crippen molar-refractivity contribution in [2.45, 2.75) is 13.3 Å². The molecule has 0 spiro atoms. The Morgan fingerprint density at radius 1 is 1.08 bits per heavy atom. The Hall–Kier alpha value is -2.59. The summed E-state index contributed by atoms with van der Waals surface area (Å²) in [5, 5.41) is 7.91. The van der Waals surface area contributed by atoms with E-state index < -0.39 is 0 Å². The van der Waals surface area contributed by atoms with E-state index in [4.69, 9.17) is 11.6 Å². The summed E-state index contributed by atoms with van der Waals surface area (Å²) >= 11 is 5.86. The van der Waals surface area contributed by atoms with Crippen LogP contribution in [0, 0.1) is 6.92 Å². The number of amides is 1. The number of benzene rings is 2. The summed E-state index contributed by atoms with van der Waals surface area (Å²) in [5.74, 6) is -0.0762. The Kier molecular flexibility index (Phi) is 4.96. The molecule has 24 heavy (non-hydrogen) atoms. The van der Waals surface area contributed by atoms with E-state index in [1.807, 2.05) is 66.2 Å². The highest BCUT2D eigenvalue weighted by Gasteiger charge is 2.06. The van der Waals surface area contributed by atoms with E-state index in [1.54, 1.807) is 6.20 Å². The number of nitrogens with zero attached hydrogens (tertiary/aromatic N) is 2. The molecule has 0 fully saturated rings. The maximum atomic E-state index is 12.2. The van der Waals surface area contributed by atoms with Crippen LogP contribution in [0.5, 0.6) is 0 Å². The first-order valence-corrected chi connectivity index (χ1v) is 8.15. The van der Waals surface area contributed by atoms with Crippen LogP contribution in [0.1, 0.15) is 21.6 Å². The minimum atomic E-state index is -0.0762. The van der Waals surface area contributed by atoms with Gasteiger partial charge < -0.3 is 5.32 Å². The maximum Gasteiger partial charge on any atom is 0.251 e. The molecule has 2 aromatic carbocycles. The summed E-state index contributed by atoms with van der Waals surface area (Å²) in [4.78, 5) is 12.2. The van der Waals surface area contributed by atoms with Gasteiger partial charge in [0, 0.05) is 29.0 Å². The van der Waals surface area contributed by atoms with Crippen molar-refractivity contribution in [1.82, 2.24) is 15.1 Å². The van der Waals surface area contributed by atoms with E-state index in [9.17, 15) is 4.79 Å². The second kappa shape index (κ2) is 7.32. The third-order valence-electron chi connectivity index (χ3n) is 3.82. The van der Waals surface area contributed by atoms with Crippen LogP contribution in [0.15, 0.2) is 60.8 Å². The molecular formula is C19H18ClN3O. The largest absolute Gasteiger partial charge is 0.352 e. The smallest absolute Gasteiger partial charge is 0.251 e. The van der Waals surface area contributed by atoms with Gasteiger partial charge >= 0.3 is 0 Å². The zero-order valence-electron chi connectivity index (χ0n) is 13.4. The fourth-order valence-corrected chi connectivity index (χ4v) is 2.59. The number of hydrogen-bond donors (Lipinski definition) is 1. The molecule has 0 saturated carbocycles. The van der Waals surface area contributed by atoms with Crippen LogP contribution >= 0.6 is 11.6 Å². The fraction of sp³-hybridized carbons (Fsp3) is 0.158. The molecule has 0 unspecified atom stereocenters. The lowest BCUT2D eigenvalue weighted by molar-refractivity contribution is 0.0954. The quantitative estimate of drug-likeness (QED) is 0.768. The molecule has 0 aliphatic heterocycles. The summed E-state index contributed by atoms with van der Waals surface area (Å²) in [7, 11) is 0. The van der Waals surface area contributed by atoms with Gasteiger partial charge in [-0.25, -0.2) is 4.68 Å². The van der Waals surface area contributed by atoms with Crippen molar-refractivity contribution in [3.05, 3.63) is 82.6 Å². The van der Waals surface area contributed by atoms with E-state index in [-0.39, 0.29) is 5.91 Å². The molecule has 0 atom stereocenters. The summed E-state index contributed by atoms with van der Waals surface area (Å²) < 4.78 is 1.84. The average Bonchev–Trinajstić information content (AvgIpc) is 3.03. The zero-order valence-corrected chi connectivity index (χ0v) is 14.1. The Morgan fingerprint density at radius 2 is 1.79 bits per heavy atom. The molecule has 1 N–H and O–H groups in total. The summed E-state index contributed by atoms with van der Waals surface area (Å²) in [6.07, 6.45) is 2.53. The normalized spacial score (nSPS) is 10.6. The lowest BCUT2D eigenvalue weighted by Crippen LogP contribution is -2.25. The summed E-state index contributed by atoms with van der Waals surface area (Å²) in [5.41, 5.74) is 3.77. The van der Waals surface area contributed by atoms with Crippen LogP contribution in [0.3, 0.4) is 0 Å².